The Bertz CT molecular complexity index is 94.1. The van der Waals surface area contributed by atoms with Gasteiger partial charge < -0.3 is 11.5 Å². The first-order chi connectivity index (χ1) is 5.01. The van der Waals surface area contributed by atoms with Gasteiger partial charge in [0.05, 0.1) is 0 Å². The van der Waals surface area contributed by atoms with Gasteiger partial charge in [-0.1, -0.05) is 13.8 Å². The largest absolute Gasteiger partial charge is 0.327 e. The Morgan fingerprint density at radius 2 is 1.27 bits per heavy atom. The van der Waals surface area contributed by atoms with E-state index in [9.17, 15) is 0 Å². The third-order valence-electron chi connectivity index (χ3n) is 3.13. The van der Waals surface area contributed by atoms with Crippen LogP contribution in [0.4, 0.5) is 0 Å². The quantitative estimate of drug-likeness (QED) is 0.651. The summed E-state index contributed by atoms with van der Waals surface area (Å²) in [6.45, 7) is 8.43. The van der Waals surface area contributed by atoms with E-state index < -0.39 is 0 Å². The van der Waals surface area contributed by atoms with Gasteiger partial charge in [-0.05, 0) is 32.1 Å². The van der Waals surface area contributed by atoms with E-state index in [0.717, 1.165) is 12.8 Å². The first-order valence-corrected chi connectivity index (χ1v) is 4.52. The molecule has 0 aromatic heterocycles. The van der Waals surface area contributed by atoms with Crippen molar-refractivity contribution >= 4 is 0 Å². The van der Waals surface area contributed by atoms with Gasteiger partial charge in [0, 0.05) is 12.1 Å². The van der Waals surface area contributed by atoms with Crippen molar-refractivity contribution in [1.29, 1.82) is 0 Å². The van der Waals surface area contributed by atoms with E-state index in [1.165, 1.54) is 0 Å². The summed E-state index contributed by atoms with van der Waals surface area (Å²) in [6, 6.07) is 0.384. The number of hydrogen-bond donors (Lipinski definition) is 2. The molecule has 0 fully saturated rings. The summed E-state index contributed by atoms with van der Waals surface area (Å²) in [5.74, 6) is 0. The van der Waals surface area contributed by atoms with Crippen LogP contribution in [0.1, 0.15) is 40.5 Å². The molecule has 0 aliphatic rings. The lowest BCUT2D eigenvalue weighted by Crippen LogP contribution is -2.50. The van der Waals surface area contributed by atoms with E-state index >= 15 is 0 Å². The lowest BCUT2D eigenvalue weighted by Gasteiger charge is -2.39. The standard InChI is InChI=1S/C9H22N2/c1-5-9(6-2,7(3)10)8(4)11/h7-8H,5-6,10-11H2,1-4H3. The highest BCUT2D eigenvalue weighted by Gasteiger charge is 2.34. The molecule has 0 aliphatic heterocycles. The lowest BCUT2D eigenvalue weighted by molar-refractivity contribution is 0.173. The van der Waals surface area contributed by atoms with Crippen molar-refractivity contribution in [2.75, 3.05) is 0 Å². The van der Waals surface area contributed by atoms with Crippen LogP contribution in [0.25, 0.3) is 0 Å². The molecular formula is C9H22N2. The second kappa shape index (κ2) is 4.07. The minimum Gasteiger partial charge on any atom is -0.327 e. The van der Waals surface area contributed by atoms with Crippen molar-refractivity contribution in [3.8, 4) is 0 Å². The molecule has 68 valence electrons. The molecule has 2 atom stereocenters. The van der Waals surface area contributed by atoms with Crippen LogP contribution in [0.2, 0.25) is 0 Å². The van der Waals surface area contributed by atoms with Gasteiger partial charge in [-0.25, -0.2) is 0 Å². The van der Waals surface area contributed by atoms with Crippen molar-refractivity contribution < 1.29 is 0 Å². The molecule has 0 rings (SSSR count). The number of hydrogen-bond acceptors (Lipinski definition) is 2. The zero-order valence-electron chi connectivity index (χ0n) is 8.22. The predicted octanol–water partition coefficient (Wildman–Crippen LogP) is 1.49. The first-order valence-electron chi connectivity index (χ1n) is 4.52. The third kappa shape index (κ3) is 1.94. The third-order valence-corrected chi connectivity index (χ3v) is 3.13. The predicted molar refractivity (Wildman–Crippen MR) is 50.3 cm³/mol. The van der Waals surface area contributed by atoms with E-state index in [1.807, 2.05) is 0 Å². The average Bonchev–Trinajstić information content (AvgIpc) is 1.90. The van der Waals surface area contributed by atoms with Gasteiger partial charge in [-0.15, -0.1) is 0 Å². The first kappa shape index (κ1) is 10.9. The Labute approximate surface area is 70.3 Å². The van der Waals surface area contributed by atoms with Crippen LogP contribution < -0.4 is 11.5 Å². The molecule has 0 heterocycles. The molecule has 0 aromatic rings. The topological polar surface area (TPSA) is 52.0 Å². The summed E-state index contributed by atoms with van der Waals surface area (Å²) >= 11 is 0. The van der Waals surface area contributed by atoms with E-state index in [-0.39, 0.29) is 17.5 Å². The van der Waals surface area contributed by atoms with Gasteiger partial charge in [-0.2, -0.15) is 0 Å². The van der Waals surface area contributed by atoms with Crippen LogP contribution in [-0.2, 0) is 0 Å². The van der Waals surface area contributed by atoms with Gasteiger partial charge in [0.1, 0.15) is 0 Å². The second-order valence-corrected chi connectivity index (χ2v) is 3.52. The van der Waals surface area contributed by atoms with Gasteiger partial charge >= 0.3 is 0 Å². The molecule has 2 unspecified atom stereocenters. The summed E-state index contributed by atoms with van der Waals surface area (Å²) < 4.78 is 0. The molecule has 0 bridgehead atoms. The normalized spacial score (nSPS) is 18.0. The van der Waals surface area contributed by atoms with E-state index in [1.54, 1.807) is 0 Å². The fourth-order valence-electron chi connectivity index (χ4n) is 1.95. The molecule has 0 radical (unpaired) electrons. The fourth-order valence-corrected chi connectivity index (χ4v) is 1.95. The zero-order valence-corrected chi connectivity index (χ0v) is 8.22. The molecule has 0 amide bonds. The smallest absolute Gasteiger partial charge is 0.00815 e. The van der Waals surface area contributed by atoms with Gasteiger partial charge in [0.25, 0.3) is 0 Å². The van der Waals surface area contributed by atoms with Crippen LogP contribution in [-0.4, -0.2) is 12.1 Å². The molecule has 0 spiro atoms. The summed E-state index contributed by atoms with van der Waals surface area (Å²) in [4.78, 5) is 0. The molecule has 2 nitrogen and oxygen atoms in total. The Balaban J connectivity index is 4.46. The summed E-state index contributed by atoms with van der Waals surface area (Å²) in [7, 11) is 0. The SMILES string of the molecule is CCC(CC)(C(C)N)C(C)N. The zero-order chi connectivity index (χ0) is 9.07. The summed E-state index contributed by atoms with van der Waals surface area (Å²) in [5.41, 5.74) is 12.0. The molecule has 0 aliphatic carbocycles. The summed E-state index contributed by atoms with van der Waals surface area (Å²) in [5, 5.41) is 0. The Morgan fingerprint density at radius 3 is 1.27 bits per heavy atom. The maximum atomic E-state index is 5.91. The van der Waals surface area contributed by atoms with Crippen molar-refractivity contribution in [2.45, 2.75) is 52.6 Å². The Kier molecular flexibility index (Phi) is 4.04. The summed E-state index contributed by atoms with van der Waals surface area (Å²) in [6.07, 6.45) is 2.14. The molecule has 2 heteroatoms. The molecular weight excluding hydrogens is 136 g/mol. The molecule has 0 saturated heterocycles. The van der Waals surface area contributed by atoms with E-state index in [2.05, 4.69) is 27.7 Å². The number of rotatable bonds is 4. The second-order valence-electron chi connectivity index (χ2n) is 3.52. The maximum Gasteiger partial charge on any atom is 0.00815 e. The van der Waals surface area contributed by atoms with E-state index in [0.29, 0.717) is 0 Å². The Hall–Kier alpha value is -0.0800. The van der Waals surface area contributed by atoms with Crippen molar-refractivity contribution in [1.82, 2.24) is 0 Å². The van der Waals surface area contributed by atoms with Crippen molar-refractivity contribution in [2.24, 2.45) is 16.9 Å². The van der Waals surface area contributed by atoms with Gasteiger partial charge in [0.2, 0.25) is 0 Å². The van der Waals surface area contributed by atoms with Crippen molar-refractivity contribution in [3.63, 3.8) is 0 Å². The van der Waals surface area contributed by atoms with Crippen LogP contribution in [0, 0.1) is 5.41 Å². The minimum atomic E-state index is 0.139. The highest BCUT2D eigenvalue weighted by molar-refractivity contribution is 4.91. The van der Waals surface area contributed by atoms with Crippen molar-refractivity contribution in [3.05, 3.63) is 0 Å². The van der Waals surface area contributed by atoms with Gasteiger partial charge in [0.15, 0.2) is 0 Å². The molecule has 0 saturated carbocycles. The van der Waals surface area contributed by atoms with Crippen LogP contribution >= 0.6 is 0 Å². The molecule has 0 aromatic carbocycles. The minimum absolute atomic E-state index is 0.139. The lowest BCUT2D eigenvalue weighted by atomic mass is 9.71. The highest BCUT2D eigenvalue weighted by Crippen LogP contribution is 2.32. The van der Waals surface area contributed by atoms with Crippen LogP contribution in [0.15, 0.2) is 0 Å². The van der Waals surface area contributed by atoms with Crippen LogP contribution in [0.3, 0.4) is 0 Å². The maximum absolute atomic E-state index is 5.91. The monoisotopic (exact) mass is 158 g/mol. The van der Waals surface area contributed by atoms with Gasteiger partial charge in [-0.3, -0.25) is 0 Å². The Morgan fingerprint density at radius 1 is 1.00 bits per heavy atom. The fraction of sp³-hybridized carbons (Fsp3) is 1.00. The molecule has 11 heavy (non-hydrogen) atoms. The molecule has 4 N–H and O–H groups in total. The van der Waals surface area contributed by atoms with Crippen LogP contribution in [0.5, 0.6) is 0 Å². The highest BCUT2D eigenvalue weighted by atomic mass is 14.8. The average molecular weight is 158 g/mol. The van der Waals surface area contributed by atoms with E-state index in [4.69, 9.17) is 11.5 Å². The number of nitrogens with two attached hydrogens (primary N) is 2.